The van der Waals surface area contributed by atoms with Crippen LogP contribution in [0.4, 0.5) is 10.1 Å². The van der Waals surface area contributed by atoms with Crippen LogP contribution in [0.2, 0.25) is 5.02 Å². The van der Waals surface area contributed by atoms with Crippen LogP contribution in [0.25, 0.3) is 10.9 Å². The van der Waals surface area contributed by atoms with Gasteiger partial charge in [-0.25, -0.2) is 4.39 Å². The van der Waals surface area contributed by atoms with Crippen molar-refractivity contribution in [1.82, 2.24) is 4.98 Å². The SMILES string of the molecule is CC1CCN(c2c([S+]([O-])c3cccc(Cl)c3)cnc3ccc(F)cc23)CC1. The summed E-state index contributed by atoms with van der Waals surface area (Å²) in [5.41, 5.74) is 1.53. The van der Waals surface area contributed by atoms with E-state index in [2.05, 4.69) is 16.8 Å². The molecule has 0 aliphatic carbocycles. The van der Waals surface area contributed by atoms with E-state index in [1.165, 1.54) is 12.1 Å². The maximum Gasteiger partial charge on any atom is 0.200 e. The van der Waals surface area contributed by atoms with Gasteiger partial charge in [0.1, 0.15) is 11.5 Å². The van der Waals surface area contributed by atoms with Crippen molar-refractivity contribution in [3.63, 3.8) is 0 Å². The van der Waals surface area contributed by atoms with Crippen molar-refractivity contribution in [2.24, 2.45) is 5.92 Å². The molecule has 1 aromatic heterocycles. The first kappa shape index (κ1) is 18.5. The Morgan fingerprint density at radius 1 is 1.19 bits per heavy atom. The van der Waals surface area contributed by atoms with E-state index in [4.69, 9.17) is 11.6 Å². The Morgan fingerprint density at radius 3 is 2.70 bits per heavy atom. The summed E-state index contributed by atoms with van der Waals surface area (Å²) in [5.74, 6) is 0.342. The third-order valence-electron chi connectivity index (χ3n) is 5.08. The molecule has 1 fully saturated rings. The standard InChI is InChI=1S/C21H20ClFN2OS/c1-14-7-9-25(10-8-14)21-18-12-16(23)5-6-19(18)24-13-20(21)27(26)17-4-2-3-15(22)11-17/h2-6,11-14H,7-10H2,1H3. The van der Waals surface area contributed by atoms with Crippen LogP contribution >= 0.6 is 11.6 Å². The van der Waals surface area contributed by atoms with Crippen molar-refractivity contribution >= 4 is 39.4 Å². The average Bonchev–Trinajstić information content (AvgIpc) is 2.67. The molecule has 0 saturated carbocycles. The molecule has 3 aromatic rings. The van der Waals surface area contributed by atoms with Crippen LogP contribution in [-0.4, -0.2) is 22.6 Å². The van der Waals surface area contributed by atoms with Crippen LogP contribution < -0.4 is 4.90 Å². The van der Waals surface area contributed by atoms with Gasteiger partial charge in [-0.2, -0.15) is 0 Å². The zero-order valence-corrected chi connectivity index (χ0v) is 16.6. The Bertz CT molecular complexity index is 976. The minimum Gasteiger partial charge on any atom is -0.606 e. The number of aromatic nitrogens is 1. The fourth-order valence-corrected chi connectivity index (χ4v) is 5.04. The minimum atomic E-state index is -1.45. The molecule has 1 aliphatic rings. The Hall–Kier alpha value is -1.82. The van der Waals surface area contributed by atoms with Crippen LogP contribution in [-0.2, 0) is 11.2 Å². The number of nitrogens with zero attached hydrogens (tertiary/aromatic N) is 2. The summed E-state index contributed by atoms with van der Waals surface area (Å²) in [5, 5.41) is 1.24. The second-order valence-electron chi connectivity index (χ2n) is 7.03. The zero-order chi connectivity index (χ0) is 19.0. The van der Waals surface area contributed by atoms with Crippen molar-refractivity contribution in [2.75, 3.05) is 18.0 Å². The number of hydrogen-bond donors (Lipinski definition) is 0. The van der Waals surface area contributed by atoms with Crippen LogP contribution in [0.1, 0.15) is 19.8 Å². The lowest BCUT2D eigenvalue weighted by atomic mass is 9.98. The molecule has 0 spiro atoms. The summed E-state index contributed by atoms with van der Waals surface area (Å²) in [6, 6.07) is 11.6. The Kier molecular flexibility index (Phi) is 5.26. The first-order chi connectivity index (χ1) is 13.0. The highest BCUT2D eigenvalue weighted by atomic mass is 35.5. The average molecular weight is 403 g/mol. The van der Waals surface area contributed by atoms with Crippen molar-refractivity contribution in [3.8, 4) is 0 Å². The molecule has 140 valence electrons. The number of fused-ring (bicyclic) bond motifs is 1. The predicted octanol–water partition coefficient (Wildman–Crippen LogP) is 5.43. The van der Waals surface area contributed by atoms with Crippen LogP contribution in [0.5, 0.6) is 0 Å². The Labute approximate surface area is 166 Å². The lowest BCUT2D eigenvalue weighted by Crippen LogP contribution is -2.34. The summed E-state index contributed by atoms with van der Waals surface area (Å²) in [4.78, 5) is 7.88. The Balaban J connectivity index is 1.87. The number of pyridine rings is 1. The van der Waals surface area contributed by atoms with Gasteiger partial charge >= 0.3 is 0 Å². The quantitative estimate of drug-likeness (QED) is 0.548. The van der Waals surface area contributed by atoms with E-state index in [1.807, 2.05) is 0 Å². The number of hydrogen-bond acceptors (Lipinski definition) is 3. The number of rotatable bonds is 3. The molecule has 2 heterocycles. The van der Waals surface area contributed by atoms with E-state index >= 15 is 0 Å². The van der Waals surface area contributed by atoms with Crippen molar-refractivity contribution in [3.05, 3.63) is 59.5 Å². The molecule has 0 bridgehead atoms. The molecule has 3 nitrogen and oxygen atoms in total. The highest BCUT2D eigenvalue weighted by Crippen LogP contribution is 2.38. The molecule has 27 heavy (non-hydrogen) atoms. The zero-order valence-electron chi connectivity index (χ0n) is 15.0. The van der Waals surface area contributed by atoms with E-state index in [0.29, 0.717) is 31.6 Å². The number of benzene rings is 2. The topological polar surface area (TPSA) is 39.2 Å². The van der Waals surface area contributed by atoms with E-state index < -0.39 is 11.2 Å². The molecule has 4 rings (SSSR count). The van der Waals surface area contributed by atoms with Gasteiger partial charge in [-0.3, -0.25) is 4.98 Å². The maximum atomic E-state index is 14.0. The summed E-state index contributed by atoms with van der Waals surface area (Å²) < 4.78 is 27.4. The van der Waals surface area contributed by atoms with Gasteiger partial charge in [-0.15, -0.1) is 0 Å². The lowest BCUT2D eigenvalue weighted by molar-refractivity contribution is 0.437. The third-order valence-corrected chi connectivity index (χ3v) is 6.69. The molecule has 1 atom stereocenters. The van der Waals surface area contributed by atoms with Crippen molar-refractivity contribution < 1.29 is 8.94 Å². The summed E-state index contributed by atoms with van der Waals surface area (Å²) in [7, 11) is 0. The summed E-state index contributed by atoms with van der Waals surface area (Å²) in [6.07, 6.45) is 3.77. The second kappa shape index (κ2) is 7.66. The van der Waals surface area contributed by atoms with Gasteiger partial charge in [0.2, 0.25) is 4.90 Å². The molecule has 1 saturated heterocycles. The molecule has 2 aromatic carbocycles. The van der Waals surface area contributed by atoms with E-state index in [-0.39, 0.29) is 5.82 Å². The molecule has 1 aliphatic heterocycles. The lowest BCUT2D eigenvalue weighted by Gasteiger charge is -2.33. The number of anilines is 1. The fourth-order valence-electron chi connectivity index (χ4n) is 3.54. The number of halogens is 2. The molecular formula is C21H20ClFN2OS. The van der Waals surface area contributed by atoms with Crippen LogP contribution in [0.15, 0.2) is 58.5 Å². The Morgan fingerprint density at radius 2 is 1.96 bits per heavy atom. The largest absolute Gasteiger partial charge is 0.606 e. The first-order valence-electron chi connectivity index (χ1n) is 9.03. The van der Waals surface area contributed by atoms with Crippen LogP contribution in [0.3, 0.4) is 0 Å². The van der Waals surface area contributed by atoms with E-state index in [0.717, 1.165) is 31.6 Å². The van der Waals surface area contributed by atoms with Crippen molar-refractivity contribution in [1.29, 1.82) is 0 Å². The molecule has 0 N–H and O–H groups in total. The summed E-state index contributed by atoms with van der Waals surface area (Å²) >= 11 is 4.63. The monoisotopic (exact) mass is 402 g/mol. The van der Waals surface area contributed by atoms with Gasteiger partial charge in [-0.05, 0) is 49.1 Å². The van der Waals surface area contributed by atoms with Gasteiger partial charge in [0.25, 0.3) is 0 Å². The minimum absolute atomic E-state index is 0.318. The van der Waals surface area contributed by atoms with Gasteiger partial charge in [0.15, 0.2) is 4.90 Å². The van der Waals surface area contributed by atoms with Gasteiger partial charge in [-0.1, -0.05) is 24.6 Å². The van der Waals surface area contributed by atoms with E-state index in [9.17, 15) is 8.94 Å². The first-order valence-corrected chi connectivity index (χ1v) is 10.6. The molecule has 6 heteroatoms. The van der Waals surface area contributed by atoms with Gasteiger partial charge in [0.05, 0.1) is 11.7 Å². The highest BCUT2D eigenvalue weighted by Gasteiger charge is 2.28. The molecule has 0 amide bonds. The third kappa shape index (κ3) is 3.77. The van der Waals surface area contributed by atoms with Crippen molar-refractivity contribution in [2.45, 2.75) is 29.6 Å². The van der Waals surface area contributed by atoms with E-state index in [1.54, 1.807) is 36.5 Å². The highest BCUT2D eigenvalue weighted by molar-refractivity contribution is 7.91. The second-order valence-corrected chi connectivity index (χ2v) is 8.91. The molecule has 0 radical (unpaired) electrons. The number of piperidine rings is 1. The van der Waals surface area contributed by atoms with Gasteiger partial charge in [0, 0.05) is 40.7 Å². The fraction of sp³-hybridized carbons (Fsp3) is 0.286. The normalized spacial score (nSPS) is 16.7. The smallest absolute Gasteiger partial charge is 0.200 e. The maximum absolute atomic E-state index is 14.0. The van der Waals surface area contributed by atoms with Gasteiger partial charge < -0.3 is 9.45 Å². The summed E-state index contributed by atoms with van der Waals surface area (Å²) in [6.45, 7) is 3.96. The van der Waals surface area contributed by atoms with Crippen LogP contribution in [0, 0.1) is 11.7 Å². The molecular weight excluding hydrogens is 383 g/mol. The predicted molar refractivity (Wildman–Crippen MR) is 108 cm³/mol. The molecule has 1 unspecified atom stereocenters.